The Balaban J connectivity index is 2.52. The molecule has 2 aromatic carbocycles. The van der Waals surface area contributed by atoms with Crippen molar-refractivity contribution in [1.82, 2.24) is 10.0 Å². The molecule has 7 heteroatoms. The van der Waals surface area contributed by atoms with Crippen molar-refractivity contribution < 1.29 is 18.3 Å². The zero-order chi connectivity index (χ0) is 23.1. The number of aliphatic hydroxyl groups is 1. The van der Waals surface area contributed by atoms with Crippen LogP contribution in [-0.2, 0) is 14.8 Å². The Kier molecular flexibility index (Phi) is 8.79. The van der Waals surface area contributed by atoms with E-state index in [-0.39, 0.29) is 23.3 Å². The lowest BCUT2D eigenvalue weighted by Gasteiger charge is -2.38. The summed E-state index contributed by atoms with van der Waals surface area (Å²) in [5.74, 6) is -0.247. The van der Waals surface area contributed by atoms with E-state index in [0.717, 1.165) is 0 Å². The standard InChI is InChI=1S/C24H34N2O4S/c1-5-16-24(4,23(28)25-21(17-27)18(2)3)22(19-12-8-6-9-13-19)26-31(29,30)20-14-10-7-11-15-20/h6-15,18,21-22,26-27H,5,16-17H2,1-4H3,(H,25,28)/t21-,22+,24-/m1/s1. The van der Waals surface area contributed by atoms with Crippen molar-refractivity contribution >= 4 is 15.9 Å². The molecule has 0 fully saturated rings. The smallest absolute Gasteiger partial charge is 0.241 e. The lowest BCUT2D eigenvalue weighted by atomic mass is 9.74. The van der Waals surface area contributed by atoms with Gasteiger partial charge in [0.05, 0.1) is 29.0 Å². The van der Waals surface area contributed by atoms with Crippen molar-refractivity contribution in [3.05, 3.63) is 66.2 Å². The first kappa shape index (κ1) is 25.0. The molecule has 0 spiro atoms. The number of hydrogen-bond donors (Lipinski definition) is 3. The predicted molar refractivity (Wildman–Crippen MR) is 123 cm³/mol. The second kappa shape index (κ2) is 10.9. The van der Waals surface area contributed by atoms with Crippen LogP contribution in [-0.4, -0.2) is 32.1 Å². The van der Waals surface area contributed by atoms with Gasteiger partial charge in [-0.3, -0.25) is 4.79 Å². The van der Waals surface area contributed by atoms with Crippen LogP contribution in [0.5, 0.6) is 0 Å². The van der Waals surface area contributed by atoms with Crippen LogP contribution in [0.2, 0.25) is 0 Å². The predicted octanol–water partition coefficient (Wildman–Crippen LogP) is 3.65. The van der Waals surface area contributed by atoms with Gasteiger partial charge < -0.3 is 10.4 Å². The lowest BCUT2D eigenvalue weighted by molar-refractivity contribution is -0.133. The van der Waals surface area contributed by atoms with Gasteiger partial charge in [-0.1, -0.05) is 75.7 Å². The highest BCUT2D eigenvalue weighted by molar-refractivity contribution is 7.89. The van der Waals surface area contributed by atoms with Gasteiger partial charge in [-0.2, -0.15) is 0 Å². The average molecular weight is 447 g/mol. The number of carbonyl (C=O) groups excluding carboxylic acids is 1. The number of aliphatic hydroxyl groups excluding tert-OH is 1. The van der Waals surface area contributed by atoms with Crippen LogP contribution in [0.3, 0.4) is 0 Å². The van der Waals surface area contributed by atoms with Crippen molar-refractivity contribution in [3.63, 3.8) is 0 Å². The molecule has 31 heavy (non-hydrogen) atoms. The summed E-state index contributed by atoms with van der Waals surface area (Å²) in [6, 6.07) is 16.1. The van der Waals surface area contributed by atoms with Crippen LogP contribution < -0.4 is 10.0 Å². The van der Waals surface area contributed by atoms with E-state index >= 15 is 0 Å². The molecule has 0 aliphatic rings. The number of hydrogen-bond acceptors (Lipinski definition) is 4. The van der Waals surface area contributed by atoms with Gasteiger partial charge in [0.2, 0.25) is 15.9 Å². The highest BCUT2D eigenvalue weighted by Gasteiger charge is 2.44. The molecule has 0 saturated heterocycles. The van der Waals surface area contributed by atoms with Gasteiger partial charge in [0, 0.05) is 0 Å². The highest BCUT2D eigenvalue weighted by atomic mass is 32.2. The van der Waals surface area contributed by atoms with Gasteiger partial charge in [0.25, 0.3) is 0 Å². The first-order valence-corrected chi connectivity index (χ1v) is 12.2. The Morgan fingerprint density at radius 1 is 1.03 bits per heavy atom. The Morgan fingerprint density at radius 2 is 1.58 bits per heavy atom. The summed E-state index contributed by atoms with van der Waals surface area (Å²) in [5, 5.41) is 12.6. The Labute approximate surface area is 186 Å². The summed E-state index contributed by atoms with van der Waals surface area (Å²) in [6.45, 7) is 7.41. The molecule has 6 nitrogen and oxygen atoms in total. The molecule has 0 aliphatic heterocycles. The Morgan fingerprint density at radius 3 is 2.06 bits per heavy atom. The summed E-state index contributed by atoms with van der Waals surface area (Å²) in [5.41, 5.74) is -0.363. The summed E-state index contributed by atoms with van der Waals surface area (Å²) in [7, 11) is -3.87. The van der Waals surface area contributed by atoms with Gasteiger partial charge in [0.15, 0.2) is 0 Å². The molecular weight excluding hydrogens is 412 g/mol. The molecule has 0 saturated carbocycles. The summed E-state index contributed by atoms with van der Waals surface area (Å²) in [4.78, 5) is 13.7. The van der Waals surface area contributed by atoms with Gasteiger partial charge in [-0.25, -0.2) is 13.1 Å². The topological polar surface area (TPSA) is 95.5 Å². The molecule has 0 bridgehead atoms. The van der Waals surface area contributed by atoms with Crippen molar-refractivity contribution in [3.8, 4) is 0 Å². The monoisotopic (exact) mass is 446 g/mol. The fourth-order valence-electron chi connectivity index (χ4n) is 3.70. The van der Waals surface area contributed by atoms with Gasteiger partial charge >= 0.3 is 0 Å². The maximum absolute atomic E-state index is 13.5. The van der Waals surface area contributed by atoms with E-state index in [1.807, 2.05) is 51.1 Å². The second-order valence-electron chi connectivity index (χ2n) is 8.45. The zero-order valence-electron chi connectivity index (χ0n) is 18.7. The Bertz CT molecular complexity index is 933. The van der Waals surface area contributed by atoms with Gasteiger partial charge in [-0.05, 0) is 37.0 Å². The first-order chi connectivity index (χ1) is 14.7. The number of sulfonamides is 1. The molecular formula is C24H34N2O4S. The van der Waals surface area contributed by atoms with Crippen molar-refractivity contribution in [2.45, 2.75) is 57.5 Å². The van der Waals surface area contributed by atoms with Gasteiger partial charge in [0.1, 0.15) is 0 Å². The van der Waals surface area contributed by atoms with E-state index in [1.54, 1.807) is 25.1 Å². The molecule has 1 amide bonds. The van der Waals surface area contributed by atoms with E-state index in [4.69, 9.17) is 0 Å². The summed E-state index contributed by atoms with van der Waals surface area (Å²) >= 11 is 0. The van der Waals surface area contributed by atoms with Crippen LogP contribution in [0, 0.1) is 11.3 Å². The largest absolute Gasteiger partial charge is 0.394 e. The molecule has 3 N–H and O–H groups in total. The van der Waals surface area contributed by atoms with Crippen molar-refractivity contribution in [1.29, 1.82) is 0 Å². The van der Waals surface area contributed by atoms with Crippen LogP contribution in [0.25, 0.3) is 0 Å². The maximum Gasteiger partial charge on any atom is 0.241 e. The molecule has 3 atom stereocenters. The minimum atomic E-state index is -3.87. The van der Waals surface area contributed by atoms with Crippen LogP contribution in [0.1, 0.15) is 52.1 Å². The van der Waals surface area contributed by atoms with E-state index in [2.05, 4.69) is 10.0 Å². The number of benzene rings is 2. The minimum Gasteiger partial charge on any atom is -0.394 e. The minimum absolute atomic E-state index is 0.0380. The highest BCUT2D eigenvalue weighted by Crippen LogP contribution is 2.39. The second-order valence-corrected chi connectivity index (χ2v) is 10.2. The molecule has 2 aromatic rings. The van der Waals surface area contributed by atoms with Gasteiger partial charge in [-0.15, -0.1) is 0 Å². The molecule has 0 aliphatic carbocycles. The fraction of sp³-hybridized carbons (Fsp3) is 0.458. The van der Waals surface area contributed by atoms with Crippen LogP contribution >= 0.6 is 0 Å². The van der Waals surface area contributed by atoms with E-state index in [9.17, 15) is 18.3 Å². The molecule has 0 heterocycles. The average Bonchev–Trinajstić information content (AvgIpc) is 2.76. The first-order valence-electron chi connectivity index (χ1n) is 10.7. The summed E-state index contributed by atoms with van der Waals surface area (Å²) < 4.78 is 29.2. The lowest BCUT2D eigenvalue weighted by Crippen LogP contribution is -2.53. The van der Waals surface area contributed by atoms with E-state index in [0.29, 0.717) is 18.4 Å². The zero-order valence-corrected chi connectivity index (χ0v) is 19.5. The fourth-order valence-corrected chi connectivity index (χ4v) is 5.06. The SMILES string of the molecule is CCC[C@@](C)(C(=O)N[C@H](CO)C(C)C)[C@@H](NS(=O)(=O)c1ccccc1)c1ccccc1. The third-order valence-electron chi connectivity index (χ3n) is 5.70. The third-order valence-corrected chi connectivity index (χ3v) is 7.14. The van der Waals surface area contributed by atoms with Crippen LogP contribution in [0.15, 0.2) is 65.6 Å². The molecule has 0 unspecified atom stereocenters. The van der Waals surface area contributed by atoms with Crippen molar-refractivity contribution in [2.75, 3.05) is 6.61 Å². The molecule has 0 aromatic heterocycles. The number of carbonyl (C=O) groups is 1. The Hall–Kier alpha value is -2.22. The quantitative estimate of drug-likeness (QED) is 0.491. The normalized spacial score (nSPS) is 15.8. The number of nitrogens with one attached hydrogen (secondary N) is 2. The molecule has 170 valence electrons. The maximum atomic E-state index is 13.5. The van der Waals surface area contributed by atoms with E-state index < -0.39 is 27.5 Å². The summed E-state index contributed by atoms with van der Waals surface area (Å²) in [6.07, 6.45) is 1.15. The number of rotatable bonds is 11. The number of amides is 1. The van der Waals surface area contributed by atoms with Crippen molar-refractivity contribution in [2.24, 2.45) is 11.3 Å². The van der Waals surface area contributed by atoms with E-state index in [1.165, 1.54) is 12.1 Å². The van der Waals surface area contributed by atoms with Crippen LogP contribution in [0.4, 0.5) is 0 Å². The third kappa shape index (κ3) is 6.15. The molecule has 2 rings (SSSR count). The molecule has 0 radical (unpaired) electrons.